The third-order valence-corrected chi connectivity index (χ3v) is 4.13. The summed E-state index contributed by atoms with van der Waals surface area (Å²) in [5.41, 5.74) is 0.864. The number of benzene rings is 1. The summed E-state index contributed by atoms with van der Waals surface area (Å²) in [7, 11) is 0. The van der Waals surface area contributed by atoms with Gasteiger partial charge in [-0.2, -0.15) is 0 Å². The standard InChI is InChI=1S/C19H28N2O6/c1-2-26-17-13-15(14-20-18(22)5-6-19(23)24)3-4-16(17)27-12-9-21-7-10-25-11-8-21/h3-4,13H,2,5-12,14H2,1H3,(H,20,22)(H,23,24). The van der Waals surface area contributed by atoms with Gasteiger partial charge in [0.15, 0.2) is 11.5 Å². The molecular formula is C19H28N2O6. The molecule has 0 aliphatic carbocycles. The van der Waals surface area contributed by atoms with E-state index >= 15 is 0 Å². The zero-order valence-electron chi connectivity index (χ0n) is 15.7. The molecule has 0 spiro atoms. The minimum absolute atomic E-state index is 0.0314. The fourth-order valence-electron chi connectivity index (χ4n) is 2.67. The summed E-state index contributed by atoms with van der Waals surface area (Å²) in [4.78, 5) is 24.4. The van der Waals surface area contributed by atoms with E-state index in [4.69, 9.17) is 19.3 Å². The summed E-state index contributed by atoms with van der Waals surface area (Å²) in [6, 6.07) is 5.54. The molecule has 8 heteroatoms. The maximum Gasteiger partial charge on any atom is 0.303 e. The van der Waals surface area contributed by atoms with Gasteiger partial charge in [-0.25, -0.2) is 0 Å². The van der Waals surface area contributed by atoms with Crippen LogP contribution in [0, 0.1) is 0 Å². The van der Waals surface area contributed by atoms with Crippen molar-refractivity contribution >= 4 is 11.9 Å². The molecule has 1 aliphatic rings. The molecular weight excluding hydrogens is 352 g/mol. The number of carbonyl (C=O) groups excluding carboxylic acids is 1. The van der Waals surface area contributed by atoms with Crippen LogP contribution in [0.4, 0.5) is 0 Å². The second-order valence-corrected chi connectivity index (χ2v) is 6.19. The van der Waals surface area contributed by atoms with Crippen LogP contribution < -0.4 is 14.8 Å². The molecule has 1 amide bonds. The average molecular weight is 380 g/mol. The van der Waals surface area contributed by atoms with E-state index in [-0.39, 0.29) is 18.7 Å². The number of nitrogens with one attached hydrogen (secondary N) is 1. The summed E-state index contributed by atoms with van der Waals surface area (Å²) >= 11 is 0. The fourth-order valence-corrected chi connectivity index (χ4v) is 2.67. The summed E-state index contributed by atoms with van der Waals surface area (Å²) in [6.07, 6.45) is -0.206. The maximum absolute atomic E-state index is 11.6. The molecule has 150 valence electrons. The Bertz CT molecular complexity index is 616. The highest BCUT2D eigenvalue weighted by Gasteiger charge is 2.12. The summed E-state index contributed by atoms with van der Waals surface area (Å²) in [6.45, 7) is 7.47. The molecule has 0 bridgehead atoms. The van der Waals surface area contributed by atoms with Crippen LogP contribution in [0.15, 0.2) is 18.2 Å². The number of aliphatic carboxylic acids is 1. The molecule has 8 nitrogen and oxygen atoms in total. The molecule has 1 saturated heterocycles. The van der Waals surface area contributed by atoms with Gasteiger partial charge in [-0.1, -0.05) is 6.07 Å². The van der Waals surface area contributed by atoms with Gasteiger partial charge in [0, 0.05) is 32.6 Å². The first-order chi connectivity index (χ1) is 13.1. The zero-order valence-corrected chi connectivity index (χ0v) is 15.7. The maximum atomic E-state index is 11.6. The molecule has 0 atom stereocenters. The van der Waals surface area contributed by atoms with Crippen molar-refractivity contribution in [3.63, 3.8) is 0 Å². The predicted octanol–water partition coefficient (Wildman–Crippen LogP) is 1.28. The Labute approximate surface area is 159 Å². The summed E-state index contributed by atoms with van der Waals surface area (Å²) < 4.78 is 16.9. The highest BCUT2D eigenvalue weighted by molar-refractivity contribution is 5.80. The average Bonchev–Trinajstić information content (AvgIpc) is 2.67. The van der Waals surface area contributed by atoms with Crippen molar-refractivity contribution in [1.82, 2.24) is 10.2 Å². The molecule has 0 aromatic heterocycles. The second-order valence-electron chi connectivity index (χ2n) is 6.19. The zero-order chi connectivity index (χ0) is 19.5. The number of rotatable bonds is 11. The SMILES string of the molecule is CCOc1cc(CNC(=O)CCC(=O)O)ccc1OCCN1CCOCC1. The van der Waals surface area contributed by atoms with Gasteiger partial charge < -0.3 is 24.6 Å². The predicted molar refractivity (Wildman–Crippen MR) is 99.1 cm³/mol. The first-order valence-corrected chi connectivity index (χ1v) is 9.25. The number of hydrogen-bond donors (Lipinski definition) is 2. The van der Waals surface area contributed by atoms with E-state index in [9.17, 15) is 9.59 Å². The van der Waals surface area contributed by atoms with Gasteiger partial charge in [0.05, 0.1) is 26.2 Å². The van der Waals surface area contributed by atoms with Crippen LogP contribution in [0.2, 0.25) is 0 Å². The van der Waals surface area contributed by atoms with Crippen molar-refractivity contribution in [2.75, 3.05) is 46.1 Å². The molecule has 1 aromatic carbocycles. The molecule has 1 heterocycles. The number of morpholine rings is 1. The summed E-state index contributed by atoms with van der Waals surface area (Å²) in [5.74, 6) is 0.0337. The van der Waals surface area contributed by atoms with E-state index in [2.05, 4.69) is 10.2 Å². The van der Waals surface area contributed by atoms with Crippen LogP contribution >= 0.6 is 0 Å². The molecule has 1 aliphatic heterocycles. The Kier molecular flexibility index (Phi) is 8.86. The van der Waals surface area contributed by atoms with Crippen LogP contribution in [0.25, 0.3) is 0 Å². The van der Waals surface area contributed by atoms with Gasteiger partial charge in [-0.3, -0.25) is 14.5 Å². The largest absolute Gasteiger partial charge is 0.490 e. The van der Waals surface area contributed by atoms with E-state index in [1.54, 1.807) is 0 Å². The number of carboxylic acids is 1. The number of carbonyl (C=O) groups is 2. The third kappa shape index (κ3) is 7.84. The normalized spacial score (nSPS) is 14.6. The van der Waals surface area contributed by atoms with E-state index in [1.165, 1.54) is 0 Å². The molecule has 0 unspecified atom stereocenters. The van der Waals surface area contributed by atoms with Crippen molar-refractivity contribution in [2.24, 2.45) is 0 Å². The highest BCUT2D eigenvalue weighted by atomic mass is 16.5. The second kappa shape index (κ2) is 11.4. The topological polar surface area (TPSA) is 97.3 Å². The van der Waals surface area contributed by atoms with E-state index < -0.39 is 5.97 Å². The van der Waals surface area contributed by atoms with Gasteiger partial charge in [0.2, 0.25) is 5.91 Å². The van der Waals surface area contributed by atoms with Gasteiger partial charge in [-0.15, -0.1) is 0 Å². The van der Waals surface area contributed by atoms with Crippen molar-refractivity contribution < 1.29 is 28.9 Å². The molecule has 0 saturated carbocycles. The van der Waals surface area contributed by atoms with Gasteiger partial charge in [-0.05, 0) is 24.6 Å². The Hall–Kier alpha value is -2.32. The van der Waals surface area contributed by atoms with Crippen LogP contribution in [0.5, 0.6) is 11.5 Å². The molecule has 2 rings (SSSR count). The van der Waals surface area contributed by atoms with Crippen molar-refractivity contribution in [2.45, 2.75) is 26.3 Å². The Balaban J connectivity index is 1.84. The molecule has 1 aromatic rings. The van der Waals surface area contributed by atoms with E-state index in [1.807, 2.05) is 25.1 Å². The monoisotopic (exact) mass is 380 g/mol. The number of amides is 1. The highest BCUT2D eigenvalue weighted by Crippen LogP contribution is 2.28. The Morgan fingerprint density at radius 1 is 1.19 bits per heavy atom. The van der Waals surface area contributed by atoms with Gasteiger partial charge in [0.25, 0.3) is 0 Å². The first kappa shape index (κ1) is 21.0. The Morgan fingerprint density at radius 2 is 1.96 bits per heavy atom. The number of hydrogen-bond acceptors (Lipinski definition) is 6. The third-order valence-electron chi connectivity index (χ3n) is 4.13. The van der Waals surface area contributed by atoms with E-state index in [0.29, 0.717) is 31.3 Å². The van der Waals surface area contributed by atoms with Crippen LogP contribution in [0.3, 0.4) is 0 Å². The van der Waals surface area contributed by atoms with Crippen molar-refractivity contribution in [1.29, 1.82) is 0 Å². The van der Waals surface area contributed by atoms with Crippen LogP contribution in [0.1, 0.15) is 25.3 Å². The molecule has 0 radical (unpaired) electrons. The van der Waals surface area contributed by atoms with Crippen molar-refractivity contribution in [3.05, 3.63) is 23.8 Å². The number of nitrogens with zero attached hydrogens (tertiary/aromatic N) is 1. The lowest BCUT2D eigenvalue weighted by atomic mass is 10.2. The molecule has 2 N–H and O–H groups in total. The lowest BCUT2D eigenvalue weighted by Crippen LogP contribution is -2.38. The van der Waals surface area contributed by atoms with Gasteiger partial charge >= 0.3 is 5.97 Å². The quantitative estimate of drug-likeness (QED) is 0.597. The van der Waals surface area contributed by atoms with E-state index in [0.717, 1.165) is 38.4 Å². The van der Waals surface area contributed by atoms with Crippen LogP contribution in [-0.4, -0.2) is 67.9 Å². The minimum atomic E-state index is -0.984. The van der Waals surface area contributed by atoms with Crippen LogP contribution in [-0.2, 0) is 20.9 Å². The number of ether oxygens (including phenoxy) is 3. The van der Waals surface area contributed by atoms with Gasteiger partial charge in [0.1, 0.15) is 6.61 Å². The first-order valence-electron chi connectivity index (χ1n) is 9.25. The summed E-state index contributed by atoms with van der Waals surface area (Å²) in [5, 5.41) is 11.3. The smallest absolute Gasteiger partial charge is 0.303 e. The minimum Gasteiger partial charge on any atom is -0.490 e. The van der Waals surface area contributed by atoms with Crippen molar-refractivity contribution in [3.8, 4) is 11.5 Å². The number of carboxylic acid groups (broad SMARTS) is 1. The lowest BCUT2D eigenvalue weighted by Gasteiger charge is -2.26. The lowest BCUT2D eigenvalue weighted by molar-refractivity contribution is -0.138. The fraction of sp³-hybridized carbons (Fsp3) is 0.579. The molecule has 1 fully saturated rings. The Morgan fingerprint density at radius 3 is 2.67 bits per heavy atom. The molecule has 27 heavy (non-hydrogen) atoms.